The van der Waals surface area contributed by atoms with Crippen molar-refractivity contribution in [2.24, 2.45) is 0 Å². The average Bonchev–Trinajstić information content (AvgIpc) is 2.27. The molecule has 0 aliphatic heterocycles. The summed E-state index contributed by atoms with van der Waals surface area (Å²) in [5, 5.41) is 0. The minimum absolute atomic E-state index is 0.188. The van der Waals surface area contributed by atoms with Crippen LogP contribution in [-0.4, -0.2) is 24.6 Å². The molecule has 88 valence electrons. The lowest BCUT2D eigenvalue weighted by Gasteiger charge is -2.02. The molecule has 0 aromatic rings. The molecule has 0 aromatic carbocycles. The Balaban J connectivity index is 3.67. The van der Waals surface area contributed by atoms with Crippen LogP contribution < -0.4 is 0 Å². The van der Waals surface area contributed by atoms with E-state index in [4.69, 9.17) is 0 Å². The lowest BCUT2D eigenvalue weighted by molar-refractivity contribution is -0.136. The Kier molecular flexibility index (Phi) is 9.79. The normalized spacial score (nSPS) is 11.5. The Labute approximate surface area is 97.5 Å². The van der Waals surface area contributed by atoms with Crippen LogP contribution in [0.5, 0.6) is 0 Å². The largest absolute Gasteiger partial charge is 0.466 e. The van der Waals surface area contributed by atoms with Crippen molar-refractivity contribution in [1.82, 2.24) is 0 Å². The molecule has 0 atom stereocenters. The number of carbonyl (C=O) groups is 1. The lowest BCUT2D eigenvalue weighted by atomic mass is 10.2. The average molecular weight is 230 g/mol. The van der Waals surface area contributed by atoms with Gasteiger partial charge in [0.1, 0.15) is 0 Å². The molecule has 0 rings (SSSR count). The summed E-state index contributed by atoms with van der Waals surface area (Å²) < 4.78 is 4.68. The van der Waals surface area contributed by atoms with E-state index < -0.39 is 0 Å². The second-order valence-corrected chi connectivity index (χ2v) is 4.51. The minimum atomic E-state index is -0.188. The van der Waals surface area contributed by atoms with Crippen molar-refractivity contribution in [3.05, 3.63) is 11.6 Å². The number of methoxy groups -OCH3 is 1. The SMILES string of the molecule is CCCCCSC/C=C(/CC)C(=O)OC. The Morgan fingerprint density at radius 1 is 1.33 bits per heavy atom. The van der Waals surface area contributed by atoms with Gasteiger partial charge in [0.25, 0.3) is 0 Å². The van der Waals surface area contributed by atoms with Gasteiger partial charge in [0.05, 0.1) is 7.11 Å². The highest BCUT2D eigenvalue weighted by Gasteiger charge is 2.05. The third kappa shape index (κ3) is 7.48. The zero-order chi connectivity index (χ0) is 11.5. The number of rotatable bonds is 8. The highest BCUT2D eigenvalue weighted by molar-refractivity contribution is 7.99. The van der Waals surface area contributed by atoms with Crippen molar-refractivity contribution in [3.63, 3.8) is 0 Å². The molecule has 0 amide bonds. The molecule has 0 bridgehead atoms. The highest BCUT2D eigenvalue weighted by atomic mass is 32.2. The van der Waals surface area contributed by atoms with Crippen LogP contribution in [0.2, 0.25) is 0 Å². The number of ether oxygens (including phenoxy) is 1. The molecule has 3 heteroatoms. The molecule has 0 radical (unpaired) electrons. The molecule has 0 fully saturated rings. The van der Waals surface area contributed by atoms with E-state index in [1.54, 1.807) is 0 Å². The number of thioether (sulfide) groups is 1. The predicted molar refractivity (Wildman–Crippen MR) is 67.2 cm³/mol. The van der Waals surface area contributed by atoms with Crippen molar-refractivity contribution in [1.29, 1.82) is 0 Å². The first-order chi connectivity index (χ1) is 7.26. The molecule has 0 aliphatic carbocycles. The number of hydrogen-bond donors (Lipinski definition) is 0. The van der Waals surface area contributed by atoms with Crippen LogP contribution >= 0.6 is 11.8 Å². The van der Waals surface area contributed by atoms with Gasteiger partial charge in [0, 0.05) is 11.3 Å². The van der Waals surface area contributed by atoms with E-state index in [1.165, 1.54) is 32.1 Å². The fraction of sp³-hybridized carbons (Fsp3) is 0.750. The van der Waals surface area contributed by atoms with Crippen LogP contribution in [0, 0.1) is 0 Å². The molecular formula is C12H22O2S. The van der Waals surface area contributed by atoms with E-state index in [9.17, 15) is 4.79 Å². The number of hydrogen-bond acceptors (Lipinski definition) is 3. The molecule has 0 N–H and O–H groups in total. The minimum Gasteiger partial charge on any atom is -0.466 e. The first-order valence-corrected chi connectivity index (χ1v) is 6.76. The molecular weight excluding hydrogens is 208 g/mol. The van der Waals surface area contributed by atoms with Crippen LogP contribution in [0.1, 0.15) is 39.5 Å². The summed E-state index contributed by atoms with van der Waals surface area (Å²) in [6.45, 7) is 4.18. The van der Waals surface area contributed by atoms with E-state index in [0.29, 0.717) is 0 Å². The Bertz CT molecular complexity index is 200. The number of unbranched alkanes of at least 4 members (excludes halogenated alkanes) is 2. The number of carbonyl (C=O) groups excluding carboxylic acids is 1. The van der Waals surface area contributed by atoms with E-state index >= 15 is 0 Å². The van der Waals surface area contributed by atoms with Crippen LogP contribution in [-0.2, 0) is 9.53 Å². The Morgan fingerprint density at radius 3 is 2.60 bits per heavy atom. The zero-order valence-electron chi connectivity index (χ0n) is 10.0. The van der Waals surface area contributed by atoms with Gasteiger partial charge in [-0.25, -0.2) is 4.79 Å². The van der Waals surface area contributed by atoms with Gasteiger partial charge in [-0.2, -0.15) is 11.8 Å². The summed E-state index contributed by atoms with van der Waals surface area (Å²) in [5.41, 5.74) is 0.792. The second kappa shape index (κ2) is 10.1. The van der Waals surface area contributed by atoms with Crippen molar-refractivity contribution in [3.8, 4) is 0 Å². The van der Waals surface area contributed by atoms with Gasteiger partial charge in [-0.1, -0.05) is 32.8 Å². The molecule has 0 heterocycles. The fourth-order valence-corrected chi connectivity index (χ4v) is 2.09. The molecule has 0 saturated heterocycles. The zero-order valence-corrected chi connectivity index (χ0v) is 10.9. The third-order valence-electron chi connectivity index (χ3n) is 2.17. The summed E-state index contributed by atoms with van der Waals surface area (Å²) in [5.74, 6) is 1.91. The summed E-state index contributed by atoms with van der Waals surface area (Å²) in [4.78, 5) is 11.2. The highest BCUT2D eigenvalue weighted by Crippen LogP contribution is 2.10. The number of esters is 1. The Morgan fingerprint density at radius 2 is 2.07 bits per heavy atom. The van der Waals surface area contributed by atoms with Crippen molar-refractivity contribution in [2.75, 3.05) is 18.6 Å². The topological polar surface area (TPSA) is 26.3 Å². The standard InChI is InChI=1S/C12H22O2S/c1-4-6-7-9-15-10-8-11(5-2)12(13)14-3/h8H,4-7,9-10H2,1-3H3/b11-8-. The Hall–Kier alpha value is -0.440. The van der Waals surface area contributed by atoms with Gasteiger partial charge in [-0.15, -0.1) is 0 Å². The molecule has 0 aliphatic rings. The maximum Gasteiger partial charge on any atom is 0.333 e. The predicted octanol–water partition coefficient (Wildman–Crippen LogP) is 3.42. The van der Waals surface area contributed by atoms with Gasteiger partial charge in [0.2, 0.25) is 0 Å². The summed E-state index contributed by atoms with van der Waals surface area (Å²) >= 11 is 1.88. The molecule has 15 heavy (non-hydrogen) atoms. The van der Waals surface area contributed by atoms with E-state index in [2.05, 4.69) is 11.7 Å². The first-order valence-electron chi connectivity index (χ1n) is 5.61. The van der Waals surface area contributed by atoms with Gasteiger partial charge >= 0.3 is 5.97 Å². The van der Waals surface area contributed by atoms with Crippen molar-refractivity contribution in [2.45, 2.75) is 39.5 Å². The molecule has 2 nitrogen and oxygen atoms in total. The lowest BCUT2D eigenvalue weighted by Crippen LogP contribution is -2.04. The van der Waals surface area contributed by atoms with Crippen LogP contribution in [0.4, 0.5) is 0 Å². The van der Waals surface area contributed by atoms with Crippen LogP contribution in [0.15, 0.2) is 11.6 Å². The maximum atomic E-state index is 11.2. The maximum absolute atomic E-state index is 11.2. The summed E-state index contributed by atoms with van der Waals surface area (Å²) in [6.07, 6.45) is 6.58. The van der Waals surface area contributed by atoms with Gasteiger partial charge in [-0.3, -0.25) is 0 Å². The van der Waals surface area contributed by atoms with Gasteiger partial charge in [0.15, 0.2) is 0 Å². The van der Waals surface area contributed by atoms with E-state index in [1.807, 2.05) is 24.8 Å². The summed E-state index contributed by atoms with van der Waals surface area (Å²) in [7, 11) is 1.43. The molecule has 0 aromatic heterocycles. The third-order valence-corrected chi connectivity index (χ3v) is 3.15. The van der Waals surface area contributed by atoms with Crippen molar-refractivity contribution < 1.29 is 9.53 Å². The van der Waals surface area contributed by atoms with Gasteiger partial charge < -0.3 is 4.74 Å². The molecule has 0 saturated carbocycles. The van der Waals surface area contributed by atoms with Gasteiger partial charge in [-0.05, 0) is 18.6 Å². The van der Waals surface area contributed by atoms with Crippen molar-refractivity contribution >= 4 is 17.7 Å². The first kappa shape index (κ1) is 14.6. The molecule has 0 spiro atoms. The van der Waals surface area contributed by atoms with E-state index in [0.717, 1.165) is 17.7 Å². The second-order valence-electron chi connectivity index (χ2n) is 3.36. The fourth-order valence-electron chi connectivity index (χ4n) is 1.20. The van der Waals surface area contributed by atoms with E-state index in [-0.39, 0.29) is 5.97 Å². The quantitative estimate of drug-likeness (QED) is 0.363. The monoisotopic (exact) mass is 230 g/mol. The molecule has 0 unspecified atom stereocenters. The smallest absolute Gasteiger partial charge is 0.333 e. The summed E-state index contributed by atoms with van der Waals surface area (Å²) in [6, 6.07) is 0. The van der Waals surface area contributed by atoms with Crippen LogP contribution in [0.25, 0.3) is 0 Å². The van der Waals surface area contributed by atoms with Crippen LogP contribution in [0.3, 0.4) is 0 Å².